The van der Waals surface area contributed by atoms with Gasteiger partial charge in [0, 0.05) is 56.4 Å². The molecule has 3 aliphatic heterocycles. The average Bonchev–Trinajstić information content (AvgIpc) is 3.18. The van der Waals surface area contributed by atoms with Crippen molar-refractivity contribution in [1.29, 1.82) is 0 Å². The summed E-state index contributed by atoms with van der Waals surface area (Å²) in [5.74, 6) is 3.33. The normalized spacial score (nSPS) is 17.9. The number of hydrogen-bond acceptors (Lipinski definition) is 6. The van der Waals surface area contributed by atoms with Crippen molar-refractivity contribution in [3.05, 3.63) is 86.5 Å². The van der Waals surface area contributed by atoms with Crippen molar-refractivity contribution in [1.82, 2.24) is 14.7 Å². The zero-order chi connectivity index (χ0) is 40.6. The van der Waals surface area contributed by atoms with E-state index < -0.39 is 5.66 Å². The van der Waals surface area contributed by atoms with Crippen LogP contribution in [0.4, 0.5) is 8.78 Å². The molecule has 0 saturated heterocycles. The highest BCUT2D eigenvalue weighted by molar-refractivity contribution is 7.18. The van der Waals surface area contributed by atoms with E-state index in [1.54, 1.807) is 23.5 Å². The molecule has 3 heterocycles. The molecule has 1 saturated carbocycles. The summed E-state index contributed by atoms with van der Waals surface area (Å²) in [6.45, 7) is 19.9. The number of halogens is 2. The summed E-state index contributed by atoms with van der Waals surface area (Å²) in [7, 11) is 5.08. The minimum absolute atomic E-state index is 0.208. The van der Waals surface area contributed by atoms with E-state index in [2.05, 4.69) is 62.6 Å². The SMILES string of the molecule is CCCN1CCc2c(ccc(OC)c2C(C)C)C1.COc1ccc2c(c1C(C)C)CCN(CC(F)(F)P)C2.Cc1c(O)ccc2c1CCN(C1CCCCC1)C2. The van der Waals surface area contributed by atoms with Gasteiger partial charge in [-0.05, 0) is 121 Å². The van der Waals surface area contributed by atoms with Gasteiger partial charge >= 0.3 is 0 Å². The third kappa shape index (κ3) is 11.2. The molecule has 0 radical (unpaired) electrons. The lowest BCUT2D eigenvalue weighted by Gasteiger charge is -2.38. The maximum atomic E-state index is 13.1. The van der Waals surface area contributed by atoms with Crippen LogP contribution in [0, 0.1) is 6.92 Å². The van der Waals surface area contributed by atoms with Gasteiger partial charge in [0.05, 0.1) is 20.8 Å². The highest BCUT2D eigenvalue weighted by Gasteiger charge is 2.30. The maximum absolute atomic E-state index is 13.1. The molecule has 56 heavy (non-hydrogen) atoms. The number of phenols is 1. The third-order valence-electron chi connectivity index (χ3n) is 12.3. The minimum Gasteiger partial charge on any atom is -0.508 e. The van der Waals surface area contributed by atoms with Crippen LogP contribution in [0.15, 0.2) is 36.4 Å². The third-order valence-corrected chi connectivity index (χ3v) is 12.5. The average molecular weight is 794 g/mol. The van der Waals surface area contributed by atoms with Crippen LogP contribution >= 0.6 is 9.24 Å². The van der Waals surface area contributed by atoms with E-state index in [0.717, 1.165) is 54.6 Å². The number of benzene rings is 3. The lowest BCUT2D eigenvalue weighted by molar-refractivity contribution is 0.0486. The van der Waals surface area contributed by atoms with Gasteiger partial charge in [0.25, 0.3) is 5.66 Å². The summed E-state index contributed by atoms with van der Waals surface area (Å²) in [4.78, 5) is 7.03. The monoisotopic (exact) mass is 794 g/mol. The first-order valence-electron chi connectivity index (χ1n) is 21.3. The van der Waals surface area contributed by atoms with Crippen molar-refractivity contribution in [2.24, 2.45) is 0 Å². The smallest absolute Gasteiger partial charge is 0.271 e. The number of aromatic hydroxyl groups is 1. The second-order valence-electron chi connectivity index (χ2n) is 17.1. The molecule has 7 rings (SSSR count). The standard InChI is InChI=1S/C16H23NO.C16H25NO.C15H22F2NOP/c1-12-15-9-10-17(14-5-3-2-4-6-14)11-13(15)7-8-16(12)18;1-5-9-17-10-8-14-13(11-17)6-7-15(18-4)16(14)12(2)3;1-10(2)14-12-6-7-18(9-15(16,17)20)8-11(12)4-5-13(14)19-3/h7-8,14,18H,2-6,9-11H2,1H3;6-7,12H,5,8-11H2,1-4H3;4-5,10H,6-9,20H2,1-3H3. The van der Waals surface area contributed by atoms with Crippen LogP contribution in [0.25, 0.3) is 0 Å². The molecule has 3 aromatic carbocycles. The molecule has 1 aliphatic carbocycles. The van der Waals surface area contributed by atoms with Gasteiger partial charge in [-0.2, -0.15) is 0 Å². The summed E-state index contributed by atoms with van der Waals surface area (Å²) >= 11 is 0. The zero-order valence-corrected chi connectivity index (χ0v) is 36.8. The Balaban J connectivity index is 0.000000161. The van der Waals surface area contributed by atoms with Crippen LogP contribution in [-0.4, -0.2) is 78.5 Å². The summed E-state index contributed by atoms with van der Waals surface area (Å²) < 4.78 is 37.2. The minimum atomic E-state index is -2.72. The quantitative estimate of drug-likeness (QED) is 0.218. The Kier molecular flexibility index (Phi) is 16.0. The van der Waals surface area contributed by atoms with E-state index in [9.17, 15) is 13.9 Å². The highest BCUT2D eigenvalue weighted by atomic mass is 31.0. The van der Waals surface area contributed by atoms with Gasteiger partial charge in [0.15, 0.2) is 0 Å². The van der Waals surface area contributed by atoms with Crippen molar-refractivity contribution >= 4 is 9.24 Å². The molecule has 1 fully saturated rings. The molecule has 3 aromatic rings. The molecule has 9 heteroatoms. The zero-order valence-electron chi connectivity index (χ0n) is 35.7. The Labute approximate surface area is 339 Å². The van der Waals surface area contributed by atoms with Crippen LogP contribution < -0.4 is 9.47 Å². The summed E-state index contributed by atoms with van der Waals surface area (Å²) in [5.41, 5.74) is 9.31. The molecule has 310 valence electrons. The van der Waals surface area contributed by atoms with Gasteiger partial charge in [-0.1, -0.05) is 81.3 Å². The van der Waals surface area contributed by atoms with Crippen LogP contribution in [0.5, 0.6) is 17.2 Å². The fraction of sp³-hybridized carbons (Fsp3) is 0.617. The molecule has 1 N–H and O–H groups in total. The number of fused-ring (bicyclic) bond motifs is 3. The van der Waals surface area contributed by atoms with Gasteiger partial charge in [-0.15, -0.1) is 0 Å². The number of rotatable bonds is 9. The number of ether oxygens (including phenoxy) is 2. The molecular weight excluding hydrogens is 724 g/mol. The summed E-state index contributed by atoms with van der Waals surface area (Å²) in [5, 5.41) is 9.78. The fourth-order valence-electron chi connectivity index (χ4n) is 9.61. The van der Waals surface area contributed by atoms with Crippen LogP contribution in [0.2, 0.25) is 0 Å². The van der Waals surface area contributed by atoms with Crippen molar-refractivity contribution < 1.29 is 23.4 Å². The van der Waals surface area contributed by atoms with Crippen molar-refractivity contribution in [2.75, 3.05) is 46.9 Å². The Bertz CT molecular complexity index is 1740. The largest absolute Gasteiger partial charge is 0.508 e. The topological polar surface area (TPSA) is 48.4 Å². The van der Waals surface area contributed by atoms with E-state index in [1.807, 2.05) is 30.0 Å². The Morgan fingerprint density at radius 2 is 1.23 bits per heavy atom. The Hall–Kier alpha value is -2.77. The summed E-state index contributed by atoms with van der Waals surface area (Å²) in [6, 6.07) is 13.1. The first kappa shape index (κ1) is 44.3. The molecular formula is C47H70F2N3O3P. The Morgan fingerprint density at radius 1 is 0.732 bits per heavy atom. The highest BCUT2D eigenvalue weighted by Crippen LogP contribution is 2.37. The van der Waals surface area contributed by atoms with E-state index in [1.165, 1.54) is 104 Å². The van der Waals surface area contributed by atoms with Crippen molar-refractivity contribution in [3.8, 4) is 17.2 Å². The number of methoxy groups -OCH3 is 2. The van der Waals surface area contributed by atoms with Crippen LogP contribution in [0.3, 0.4) is 0 Å². The van der Waals surface area contributed by atoms with E-state index in [-0.39, 0.29) is 6.54 Å². The second-order valence-corrected chi connectivity index (χ2v) is 17.9. The predicted molar refractivity (Wildman–Crippen MR) is 231 cm³/mol. The van der Waals surface area contributed by atoms with Gasteiger partial charge in [-0.25, -0.2) is 8.78 Å². The van der Waals surface area contributed by atoms with Gasteiger partial charge in [0.1, 0.15) is 17.2 Å². The van der Waals surface area contributed by atoms with E-state index in [0.29, 0.717) is 30.7 Å². The molecule has 0 spiro atoms. The van der Waals surface area contributed by atoms with E-state index >= 15 is 0 Å². The molecule has 0 aromatic heterocycles. The maximum Gasteiger partial charge on any atom is 0.271 e. The van der Waals surface area contributed by atoms with Crippen LogP contribution in [-0.2, 0) is 38.9 Å². The molecule has 1 atom stereocenters. The molecule has 6 nitrogen and oxygen atoms in total. The fourth-order valence-corrected chi connectivity index (χ4v) is 9.87. The summed E-state index contributed by atoms with van der Waals surface area (Å²) in [6.07, 6.45) is 11.3. The predicted octanol–water partition coefficient (Wildman–Crippen LogP) is 10.6. The van der Waals surface area contributed by atoms with Gasteiger partial charge < -0.3 is 14.6 Å². The van der Waals surface area contributed by atoms with E-state index in [4.69, 9.17) is 9.47 Å². The second kappa shape index (κ2) is 20.3. The first-order valence-corrected chi connectivity index (χ1v) is 21.8. The Morgan fingerprint density at radius 3 is 1.75 bits per heavy atom. The molecule has 0 amide bonds. The van der Waals surface area contributed by atoms with Crippen molar-refractivity contribution in [3.63, 3.8) is 0 Å². The van der Waals surface area contributed by atoms with Gasteiger partial charge in [-0.3, -0.25) is 14.7 Å². The molecule has 0 bridgehead atoms. The number of alkyl halides is 2. The first-order chi connectivity index (χ1) is 26.7. The van der Waals surface area contributed by atoms with Crippen LogP contribution in [0.1, 0.15) is 135 Å². The molecule has 4 aliphatic rings. The number of hydrogen-bond donors (Lipinski definition) is 1. The van der Waals surface area contributed by atoms with Crippen molar-refractivity contribution in [2.45, 2.75) is 143 Å². The number of phenolic OH excluding ortho intramolecular Hbond substituents is 1. The lowest BCUT2D eigenvalue weighted by atomic mass is 9.88. The number of nitrogens with zero attached hydrogens (tertiary/aromatic N) is 3. The van der Waals surface area contributed by atoms with Gasteiger partial charge in [0.2, 0.25) is 0 Å². The lowest BCUT2D eigenvalue weighted by Crippen LogP contribution is -2.40. The molecule has 1 unspecified atom stereocenters.